The number of rotatable bonds is 5. The van der Waals surface area contributed by atoms with Crippen LogP contribution in [0.1, 0.15) is 30.9 Å². The summed E-state index contributed by atoms with van der Waals surface area (Å²) in [7, 11) is 0. The maximum absolute atomic E-state index is 13.6. The summed E-state index contributed by atoms with van der Waals surface area (Å²) in [6.07, 6.45) is -4.68. The Morgan fingerprint density at radius 1 is 1.34 bits per heavy atom. The number of pyridine rings is 1. The lowest BCUT2D eigenvalue weighted by atomic mass is 9.99. The number of hydrogen-bond donors (Lipinski definition) is 2. The summed E-state index contributed by atoms with van der Waals surface area (Å²) in [6, 6.07) is 2.16. The van der Waals surface area contributed by atoms with Crippen LogP contribution in [0.3, 0.4) is 0 Å². The average molecular weight is 410 g/mol. The molecule has 29 heavy (non-hydrogen) atoms. The van der Waals surface area contributed by atoms with E-state index < -0.39 is 35.4 Å². The molecule has 0 spiro atoms. The minimum absolute atomic E-state index is 0.0434. The molecule has 3 fully saturated rings. The molecular weight excluding hydrogens is 389 g/mol. The Morgan fingerprint density at radius 3 is 2.48 bits per heavy atom. The van der Waals surface area contributed by atoms with Crippen LogP contribution >= 0.6 is 0 Å². The van der Waals surface area contributed by atoms with Crippen molar-refractivity contribution in [3.05, 3.63) is 17.2 Å². The van der Waals surface area contributed by atoms with Gasteiger partial charge in [0.05, 0.1) is 17.7 Å². The average Bonchev–Trinajstić information content (AvgIpc) is 3.11. The number of aliphatic hydroxyl groups excluding tert-OH is 1. The number of aromatic nitrogens is 1. The zero-order valence-corrected chi connectivity index (χ0v) is 15.7. The SMILES string of the molecule is C[C@H]1[C@H](O)CN1c1nc(N2C[C@@H]3[C@@H](CCC(=O)O)[C@@H]3C2)cc(C(F)(F)F)c1C#N. The van der Waals surface area contributed by atoms with Gasteiger partial charge in [0.15, 0.2) is 0 Å². The fourth-order valence-electron chi connectivity index (χ4n) is 4.65. The number of anilines is 2. The van der Waals surface area contributed by atoms with Crippen molar-refractivity contribution in [1.29, 1.82) is 5.26 Å². The predicted octanol–water partition coefficient (Wildman–Crippen LogP) is 2.09. The van der Waals surface area contributed by atoms with Gasteiger partial charge in [-0.2, -0.15) is 18.4 Å². The Labute approximate surface area is 165 Å². The molecule has 2 saturated heterocycles. The third kappa shape index (κ3) is 3.37. The van der Waals surface area contributed by atoms with Crippen molar-refractivity contribution in [2.75, 3.05) is 29.4 Å². The number of halogens is 3. The van der Waals surface area contributed by atoms with E-state index in [0.29, 0.717) is 25.4 Å². The third-order valence-electron chi connectivity index (χ3n) is 6.50. The van der Waals surface area contributed by atoms with Gasteiger partial charge in [0.2, 0.25) is 0 Å². The number of aliphatic carboxylic acids is 1. The van der Waals surface area contributed by atoms with Crippen molar-refractivity contribution in [2.45, 2.75) is 38.1 Å². The summed E-state index contributed by atoms with van der Waals surface area (Å²) < 4.78 is 40.9. The van der Waals surface area contributed by atoms with Crippen LogP contribution in [0.25, 0.3) is 0 Å². The fourth-order valence-corrected chi connectivity index (χ4v) is 4.65. The van der Waals surface area contributed by atoms with Gasteiger partial charge in [0, 0.05) is 26.1 Å². The second kappa shape index (κ2) is 6.76. The Balaban J connectivity index is 1.60. The molecule has 3 aliphatic rings. The lowest BCUT2D eigenvalue weighted by Crippen LogP contribution is -2.59. The topological polar surface area (TPSA) is 101 Å². The third-order valence-corrected chi connectivity index (χ3v) is 6.50. The summed E-state index contributed by atoms with van der Waals surface area (Å²) in [5.74, 6) is 0.129. The van der Waals surface area contributed by atoms with Crippen molar-refractivity contribution in [2.24, 2.45) is 17.8 Å². The van der Waals surface area contributed by atoms with E-state index in [2.05, 4.69) is 4.98 Å². The smallest absolute Gasteiger partial charge is 0.417 e. The molecule has 3 heterocycles. The van der Waals surface area contributed by atoms with Gasteiger partial charge in [0.1, 0.15) is 23.3 Å². The minimum atomic E-state index is -4.70. The lowest BCUT2D eigenvalue weighted by molar-refractivity contribution is -0.138. The zero-order valence-electron chi connectivity index (χ0n) is 15.7. The van der Waals surface area contributed by atoms with Crippen LogP contribution in [-0.2, 0) is 11.0 Å². The first-order chi connectivity index (χ1) is 13.6. The Bertz CT molecular complexity index is 873. The van der Waals surface area contributed by atoms with Gasteiger partial charge < -0.3 is 20.0 Å². The van der Waals surface area contributed by atoms with Gasteiger partial charge in [-0.1, -0.05) is 0 Å². The van der Waals surface area contributed by atoms with Crippen LogP contribution in [0.15, 0.2) is 6.07 Å². The largest absolute Gasteiger partial charge is 0.481 e. The molecule has 4 rings (SSSR count). The number of β-amino-alcohol motifs (C(OH)–C–C–N with tert-alkyl or cyclic N) is 1. The number of carboxylic acid groups (broad SMARTS) is 1. The van der Waals surface area contributed by atoms with E-state index in [1.54, 1.807) is 17.9 Å². The second-order valence-electron chi connectivity index (χ2n) is 8.13. The highest BCUT2D eigenvalue weighted by atomic mass is 19.4. The number of carboxylic acids is 1. The number of piperidine rings is 1. The van der Waals surface area contributed by atoms with Crippen LogP contribution in [0, 0.1) is 29.1 Å². The molecule has 7 nitrogen and oxygen atoms in total. The molecule has 2 N–H and O–H groups in total. The second-order valence-corrected chi connectivity index (χ2v) is 8.13. The van der Waals surface area contributed by atoms with E-state index in [4.69, 9.17) is 5.11 Å². The molecule has 5 atom stereocenters. The number of nitrogens with zero attached hydrogens (tertiary/aromatic N) is 4. The maximum Gasteiger partial charge on any atom is 0.417 e. The Hall–Kier alpha value is -2.54. The molecule has 0 unspecified atom stereocenters. The normalized spacial score (nSPS) is 30.6. The van der Waals surface area contributed by atoms with E-state index in [1.165, 1.54) is 4.90 Å². The van der Waals surface area contributed by atoms with E-state index in [0.717, 1.165) is 6.07 Å². The fraction of sp³-hybridized carbons (Fsp3) is 0.632. The van der Waals surface area contributed by atoms with Gasteiger partial charge in [-0.3, -0.25) is 4.79 Å². The molecular formula is C19H21F3N4O3. The highest BCUT2D eigenvalue weighted by Gasteiger charge is 2.55. The van der Waals surface area contributed by atoms with Gasteiger partial charge in [-0.15, -0.1) is 0 Å². The number of carbonyl (C=O) groups is 1. The van der Waals surface area contributed by atoms with Crippen molar-refractivity contribution >= 4 is 17.6 Å². The number of aliphatic hydroxyl groups is 1. The van der Waals surface area contributed by atoms with Gasteiger partial charge in [0.25, 0.3) is 0 Å². The molecule has 1 aliphatic carbocycles. The summed E-state index contributed by atoms with van der Waals surface area (Å²) in [4.78, 5) is 18.4. The van der Waals surface area contributed by atoms with Crippen LogP contribution in [0.2, 0.25) is 0 Å². The maximum atomic E-state index is 13.6. The summed E-state index contributed by atoms with van der Waals surface area (Å²) >= 11 is 0. The summed E-state index contributed by atoms with van der Waals surface area (Å²) in [5, 5.41) is 28.0. The molecule has 0 amide bonds. The highest BCUT2D eigenvalue weighted by Crippen LogP contribution is 2.55. The Morgan fingerprint density at radius 2 is 2.00 bits per heavy atom. The van der Waals surface area contributed by atoms with E-state index in [-0.39, 0.29) is 36.4 Å². The van der Waals surface area contributed by atoms with E-state index >= 15 is 0 Å². The first-order valence-corrected chi connectivity index (χ1v) is 9.55. The molecule has 0 bridgehead atoms. The van der Waals surface area contributed by atoms with Gasteiger partial charge in [-0.05, 0) is 37.2 Å². The molecule has 156 valence electrons. The molecule has 1 aromatic rings. The van der Waals surface area contributed by atoms with Crippen molar-refractivity contribution in [3.63, 3.8) is 0 Å². The number of hydrogen-bond acceptors (Lipinski definition) is 6. The molecule has 2 aliphatic heterocycles. The van der Waals surface area contributed by atoms with Crippen molar-refractivity contribution in [1.82, 2.24) is 4.98 Å². The molecule has 10 heteroatoms. The van der Waals surface area contributed by atoms with Crippen molar-refractivity contribution in [3.8, 4) is 6.07 Å². The van der Waals surface area contributed by atoms with E-state index in [9.17, 15) is 28.3 Å². The molecule has 0 aromatic carbocycles. The number of fused-ring (bicyclic) bond motifs is 1. The Kier molecular flexibility index (Phi) is 4.61. The summed E-state index contributed by atoms with van der Waals surface area (Å²) in [5.41, 5.74) is -1.54. The van der Waals surface area contributed by atoms with Gasteiger partial charge >= 0.3 is 12.1 Å². The minimum Gasteiger partial charge on any atom is -0.481 e. The number of nitriles is 1. The van der Waals surface area contributed by atoms with Crippen LogP contribution in [0.4, 0.5) is 24.8 Å². The predicted molar refractivity (Wildman–Crippen MR) is 96.3 cm³/mol. The van der Waals surface area contributed by atoms with Crippen LogP contribution in [0.5, 0.6) is 0 Å². The van der Waals surface area contributed by atoms with Gasteiger partial charge in [-0.25, -0.2) is 4.98 Å². The van der Waals surface area contributed by atoms with Crippen LogP contribution < -0.4 is 9.80 Å². The number of alkyl halides is 3. The highest BCUT2D eigenvalue weighted by molar-refractivity contribution is 5.67. The quantitative estimate of drug-likeness (QED) is 0.767. The molecule has 0 radical (unpaired) electrons. The zero-order chi connectivity index (χ0) is 21.1. The summed E-state index contributed by atoms with van der Waals surface area (Å²) in [6.45, 7) is 2.87. The first kappa shape index (κ1) is 19.8. The monoisotopic (exact) mass is 410 g/mol. The van der Waals surface area contributed by atoms with E-state index in [1.807, 2.05) is 0 Å². The molecule has 1 aromatic heterocycles. The van der Waals surface area contributed by atoms with Crippen molar-refractivity contribution < 1.29 is 28.2 Å². The first-order valence-electron chi connectivity index (χ1n) is 9.55. The standard InChI is InChI=1S/C19H21F3N4O3/c1-9-15(27)8-26(9)18-11(5-23)14(19(20,21)22)4-16(24-18)25-6-12-10(13(12)7-25)2-3-17(28)29/h4,9-10,12-13,15,27H,2-3,6-8H2,1H3,(H,28,29)/t9-,10-,12-,13+,15+/m0/s1. The lowest BCUT2D eigenvalue weighted by Gasteiger charge is -2.45. The molecule has 1 saturated carbocycles. The van der Waals surface area contributed by atoms with Crippen LogP contribution in [-0.4, -0.2) is 52.9 Å².